The Kier molecular flexibility index (Phi) is 3.50. The van der Waals surface area contributed by atoms with Crippen LogP contribution < -0.4 is 0 Å². The number of alkyl halides is 1. The molecule has 6 heteroatoms. The molecule has 0 amide bonds. The summed E-state index contributed by atoms with van der Waals surface area (Å²) in [7, 11) is 3.95. The first-order chi connectivity index (χ1) is 8.10. The second-order valence-electron chi connectivity index (χ2n) is 3.70. The summed E-state index contributed by atoms with van der Waals surface area (Å²) >= 11 is 3.38. The fourth-order valence-corrected chi connectivity index (χ4v) is 3.05. The molecule has 0 N–H and O–H groups in total. The lowest BCUT2D eigenvalue weighted by Gasteiger charge is -2.01. The van der Waals surface area contributed by atoms with Gasteiger partial charge in [-0.1, -0.05) is 15.9 Å². The lowest BCUT2D eigenvalue weighted by Crippen LogP contribution is -2.04. The monoisotopic (exact) mass is 314 g/mol. The van der Waals surface area contributed by atoms with Gasteiger partial charge in [0.05, 0.1) is 12.7 Å². The summed E-state index contributed by atoms with van der Waals surface area (Å²) in [5.41, 5.74) is 3.19. The largest absolute Gasteiger partial charge is 0.465 e. The average Bonchev–Trinajstić information content (AvgIpc) is 2.60. The van der Waals surface area contributed by atoms with Gasteiger partial charge in [-0.2, -0.15) is 0 Å². The zero-order valence-corrected chi connectivity index (χ0v) is 12.3. The molecule has 0 bridgehead atoms. The van der Waals surface area contributed by atoms with E-state index in [4.69, 9.17) is 4.74 Å². The van der Waals surface area contributed by atoms with Gasteiger partial charge in [0.2, 0.25) is 0 Å². The molecule has 0 fully saturated rings. The van der Waals surface area contributed by atoms with Crippen LogP contribution in [0.5, 0.6) is 0 Å². The van der Waals surface area contributed by atoms with Crippen LogP contribution in [0.1, 0.15) is 21.6 Å². The molecule has 0 radical (unpaired) electrons. The molecule has 0 aliphatic heterocycles. The van der Waals surface area contributed by atoms with Gasteiger partial charge in [-0.15, -0.1) is 0 Å². The lowest BCUT2D eigenvalue weighted by molar-refractivity contribution is 0.0602. The van der Waals surface area contributed by atoms with E-state index < -0.39 is 0 Å². The van der Waals surface area contributed by atoms with Crippen LogP contribution in [0.25, 0.3) is 11.0 Å². The Labute approximate surface area is 110 Å². The maximum absolute atomic E-state index is 11.8. The van der Waals surface area contributed by atoms with Crippen molar-refractivity contribution in [2.45, 2.75) is 12.3 Å². The van der Waals surface area contributed by atoms with Crippen molar-refractivity contribution in [3.05, 3.63) is 29.1 Å². The van der Waals surface area contributed by atoms with Crippen molar-refractivity contribution in [1.29, 1.82) is 0 Å². The summed E-state index contributed by atoms with van der Waals surface area (Å²) in [5, 5.41) is 1.39. The van der Waals surface area contributed by atoms with E-state index in [0.29, 0.717) is 10.9 Å². The average molecular weight is 315 g/mol. The third kappa shape index (κ3) is 1.98. The van der Waals surface area contributed by atoms with Gasteiger partial charge in [0.15, 0.2) is 0 Å². The molecule has 2 rings (SSSR count). The number of ether oxygens (including phenoxy) is 1. The van der Waals surface area contributed by atoms with Crippen molar-refractivity contribution < 1.29 is 9.53 Å². The number of fused-ring (bicyclic) bond motifs is 1. The topological polar surface area (TPSA) is 44.1 Å². The van der Waals surface area contributed by atoms with E-state index in [2.05, 4.69) is 30.3 Å². The molecule has 4 nitrogen and oxygen atoms in total. The number of carbonyl (C=O) groups is 1. The summed E-state index contributed by atoms with van der Waals surface area (Å²) < 4.78 is 6.66. The molecule has 17 heavy (non-hydrogen) atoms. The van der Waals surface area contributed by atoms with Gasteiger partial charge < -0.3 is 9.07 Å². The summed E-state index contributed by atoms with van der Waals surface area (Å²) in [6.45, 7) is 1.95. The third-order valence-corrected chi connectivity index (χ3v) is 3.68. The van der Waals surface area contributed by atoms with Gasteiger partial charge in [0, 0.05) is 22.6 Å². The van der Waals surface area contributed by atoms with E-state index in [1.807, 2.05) is 17.3 Å². The Hall–Kier alpha value is -0.930. The molecule has 0 aromatic carbocycles. The number of hydrogen-bond donors (Lipinski definition) is 0. The van der Waals surface area contributed by atoms with Crippen LogP contribution in [-0.4, -0.2) is 22.4 Å². The van der Waals surface area contributed by atoms with Crippen LogP contribution in [0, 0.1) is 6.92 Å². The molecule has 2 heterocycles. The Balaban J connectivity index is 2.86. The standard InChI is InChI=1S/C11H12BrN2O2P/c1-6-3-7-9(11(15)16-2)8(4-12)14(17)10(7)13-5-6/h3,5H,4,17H2,1-2H3. The van der Waals surface area contributed by atoms with Crippen molar-refractivity contribution in [2.24, 2.45) is 0 Å². The van der Waals surface area contributed by atoms with Crippen LogP contribution in [0.15, 0.2) is 12.3 Å². The van der Waals surface area contributed by atoms with Crippen molar-refractivity contribution in [2.75, 3.05) is 7.11 Å². The van der Waals surface area contributed by atoms with Crippen LogP contribution in [0.2, 0.25) is 0 Å². The smallest absolute Gasteiger partial charge is 0.340 e. The predicted molar refractivity (Wildman–Crippen MR) is 73.5 cm³/mol. The van der Waals surface area contributed by atoms with Gasteiger partial charge in [-0.3, -0.25) is 0 Å². The molecular formula is C11H12BrN2O2P. The van der Waals surface area contributed by atoms with Crippen molar-refractivity contribution >= 4 is 42.3 Å². The fraction of sp³-hybridized carbons (Fsp3) is 0.273. The molecule has 0 aliphatic rings. The Bertz CT molecular complexity index is 595. The van der Waals surface area contributed by atoms with Crippen molar-refractivity contribution in [1.82, 2.24) is 9.32 Å². The molecule has 0 aliphatic carbocycles. The maximum Gasteiger partial charge on any atom is 0.340 e. The zero-order chi connectivity index (χ0) is 12.6. The van der Waals surface area contributed by atoms with Gasteiger partial charge in [-0.25, -0.2) is 9.78 Å². The fourth-order valence-electron chi connectivity index (χ4n) is 1.80. The Morgan fingerprint density at radius 3 is 2.94 bits per heavy atom. The minimum absolute atomic E-state index is 0.335. The highest BCUT2D eigenvalue weighted by molar-refractivity contribution is 9.08. The quantitative estimate of drug-likeness (QED) is 0.486. The molecule has 0 saturated carbocycles. The van der Waals surface area contributed by atoms with Crippen molar-refractivity contribution in [3.8, 4) is 0 Å². The highest BCUT2D eigenvalue weighted by Gasteiger charge is 2.21. The third-order valence-electron chi connectivity index (χ3n) is 2.60. The highest BCUT2D eigenvalue weighted by atomic mass is 79.9. The summed E-state index contributed by atoms with van der Waals surface area (Å²) in [6, 6.07) is 1.95. The van der Waals surface area contributed by atoms with Crippen LogP contribution in [0.4, 0.5) is 0 Å². The zero-order valence-electron chi connectivity index (χ0n) is 9.53. The van der Waals surface area contributed by atoms with Gasteiger partial charge in [0.25, 0.3) is 0 Å². The minimum Gasteiger partial charge on any atom is -0.465 e. The summed E-state index contributed by atoms with van der Waals surface area (Å²) in [6.07, 6.45) is 1.78. The van der Waals surface area contributed by atoms with E-state index in [1.165, 1.54) is 7.11 Å². The van der Waals surface area contributed by atoms with E-state index in [9.17, 15) is 4.79 Å². The van der Waals surface area contributed by atoms with E-state index in [-0.39, 0.29) is 5.97 Å². The first-order valence-corrected chi connectivity index (χ1v) is 6.63. The number of methoxy groups -OCH3 is 1. The molecular weight excluding hydrogens is 303 g/mol. The predicted octanol–water partition coefficient (Wildman–Crippen LogP) is 2.66. The van der Waals surface area contributed by atoms with Crippen LogP contribution in [-0.2, 0) is 10.1 Å². The van der Waals surface area contributed by atoms with Crippen molar-refractivity contribution in [3.63, 3.8) is 0 Å². The van der Waals surface area contributed by atoms with Gasteiger partial charge in [0.1, 0.15) is 5.65 Å². The molecule has 1 atom stereocenters. The minimum atomic E-state index is -0.335. The number of halogens is 1. The number of carbonyl (C=O) groups excluding carboxylic acids is 1. The molecule has 1 unspecified atom stereocenters. The second-order valence-corrected chi connectivity index (χ2v) is 4.78. The lowest BCUT2D eigenvalue weighted by atomic mass is 10.1. The number of aromatic nitrogens is 2. The first kappa shape index (κ1) is 12.5. The second kappa shape index (κ2) is 4.75. The number of nitrogens with zero attached hydrogens (tertiary/aromatic N) is 2. The molecule has 0 saturated heterocycles. The molecule has 0 spiro atoms. The Morgan fingerprint density at radius 2 is 2.35 bits per heavy atom. The Morgan fingerprint density at radius 1 is 1.65 bits per heavy atom. The maximum atomic E-state index is 11.8. The summed E-state index contributed by atoms with van der Waals surface area (Å²) in [4.78, 5) is 16.2. The number of pyridine rings is 1. The van der Waals surface area contributed by atoms with Gasteiger partial charge in [-0.05, 0) is 27.9 Å². The van der Waals surface area contributed by atoms with Crippen LogP contribution >= 0.6 is 25.3 Å². The highest BCUT2D eigenvalue weighted by Crippen LogP contribution is 2.29. The normalized spacial score (nSPS) is 10.8. The first-order valence-electron chi connectivity index (χ1n) is 4.99. The van der Waals surface area contributed by atoms with E-state index in [1.54, 1.807) is 6.20 Å². The van der Waals surface area contributed by atoms with Crippen LogP contribution in [0.3, 0.4) is 0 Å². The molecule has 2 aromatic heterocycles. The number of hydrogen-bond acceptors (Lipinski definition) is 3. The number of esters is 1. The molecule has 90 valence electrons. The number of rotatable bonds is 2. The summed E-state index contributed by atoms with van der Waals surface area (Å²) in [5.74, 6) is -0.335. The van der Waals surface area contributed by atoms with Gasteiger partial charge >= 0.3 is 5.97 Å². The van der Waals surface area contributed by atoms with E-state index >= 15 is 0 Å². The molecule has 2 aromatic rings. The van der Waals surface area contributed by atoms with E-state index in [0.717, 1.165) is 22.3 Å². The number of aryl methyl sites for hydroxylation is 1. The SMILES string of the molecule is COC(=O)c1c(CBr)n(P)c2ncc(C)cc12.